The Labute approximate surface area is 116 Å². The molecule has 0 radical (unpaired) electrons. The summed E-state index contributed by atoms with van der Waals surface area (Å²) in [5.74, 6) is 0.724. The van der Waals surface area contributed by atoms with Crippen molar-refractivity contribution in [1.29, 1.82) is 0 Å². The van der Waals surface area contributed by atoms with Gasteiger partial charge in [-0.25, -0.2) is 0 Å². The lowest BCUT2D eigenvalue weighted by Crippen LogP contribution is -2.54. The molecular formula is C15H28N2O2. The number of likely N-dealkylation sites (tertiary alicyclic amines) is 2. The maximum Gasteiger partial charge on any atom is 0.239 e. The Balaban J connectivity index is 1.94. The van der Waals surface area contributed by atoms with Crippen LogP contribution in [0.15, 0.2) is 0 Å². The second-order valence-electron chi connectivity index (χ2n) is 6.29. The summed E-state index contributed by atoms with van der Waals surface area (Å²) < 4.78 is 0. The van der Waals surface area contributed by atoms with Crippen LogP contribution in [-0.2, 0) is 4.79 Å². The van der Waals surface area contributed by atoms with Crippen molar-refractivity contribution in [3.8, 4) is 0 Å². The van der Waals surface area contributed by atoms with Crippen molar-refractivity contribution in [2.45, 2.75) is 58.0 Å². The van der Waals surface area contributed by atoms with Crippen LogP contribution in [-0.4, -0.2) is 59.1 Å². The van der Waals surface area contributed by atoms with Crippen LogP contribution < -0.4 is 0 Å². The van der Waals surface area contributed by atoms with Gasteiger partial charge in [-0.2, -0.15) is 0 Å². The molecule has 2 aliphatic heterocycles. The van der Waals surface area contributed by atoms with E-state index in [9.17, 15) is 4.79 Å². The Morgan fingerprint density at radius 1 is 1.16 bits per heavy atom. The predicted molar refractivity (Wildman–Crippen MR) is 75.9 cm³/mol. The number of carbonyl (C=O) groups excluding carboxylic acids is 1. The zero-order valence-electron chi connectivity index (χ0n) is 12.3. The highest BCUT2D eigenvalue weighted by Gasteiger charge is 2.34. The minimum absolute atomic E-state index is 0.0967. The van der Waals surface area contributed by atoms with E-state index < -0.39 is 0 Å². The summed E-state index contributed by atoms with van der Waals surface area (Å²) in [7, 11) is 0. The van der Waals surface area contributed by atoms with Gasteiger partial charge >= 0.3 is 0 Å². The minimum atomic E-state index is 0.0967. The van der Waals surface area contributed by atoms with Crippen LogP contribution >= 0.6 is 0 Å². The van der Waals surface area contributed by atoms with Crippen LogP contribution in [0, 0.1) is 5.92 Å². The Morgan fingerprint density at radius 3 is 2.42 bits per heavy atom. The third-order valence-corrected chi connectivity index (χ3v) is 4.68. The summed E-state index contributed by atoms with van der Waals surface area (Å²) in [6.45, 7) is 7.34. The largest absolute Gasteiger partial charge is 0.396 e. The van der Waals surface area contributed by atoms with Gasteiger partial charge in [-0.05, 0) is 52.0 Å². The first-order valence-electron chi connectivity index (χ1n) is 7.79. The van der Waals surface area contributed by atoms with Crippen molar-refractivity contribution in [1.82, 2.24) is 9.80 Å². The molecule has 2 saturated heterocycles. The molecule has 110 valence electrons. The lowest BCUT2D eigenvalue weighted by Gasteiger charge is -2.41. The molecule has 0 aliphatic carbocycles. The van der Waals surface area contributed by atoms with Gasteiger partial charge in [0.1, 0.15) is 0 Å². The molecule has 0 bridgehead atoms. The highest BCUT2D eigenvalue weighted by molar-refractivity contribution is 5.82. The number of nitrogens with zero attached hydrogens (tertiary/aromatic N) is 2. The highest BCUT2D eigenvalue weighted by atomic mass is 16.3. The standard InChI is InChI=1S/C15H28N2O2/c1-12(2)17-8-4-3-5-14(17)15(19)16-9-6-13(11-18)7-10-16/h12-14,18H,3-11H2,1-2H3. The van der Waals surface area contributed by atoms with E-state index in [1.807, 2.05) is 4.90 Å². The quantitative estimate of drug-likeness (QED) is 0.843. The lowest BCUT2D eigenvalue weighted by atomic mass is 9.95. The molecule has 1 unspecified atom stereocenters. The molecule has 0 aromatic carbocycles. The number of hydrogen-bond donors (Lipinski definition) is 1. The molecule has 2 rings (SSSR count). The molecule has 1 amide bonds. The summed E-state index contributed by atoms with van der Waals surface area (Å²) in [6, 6.07) is 0.545. The van der Waals surface area contributed by atoms with Gasteiger partial charge in [-0.3, -0.25) is 9.69 Å². The van der Waals surface area contributed by atoms with E-state index in [0.717, 1.165) is 38.9 Å². The number of hydrogen-bond acceptors (Lipinski definition) is 3. The van der Waals surface area contributed by atoms with E-state index in [0.29, 0.717) is 17.9 Å². The zero-order valence-corrected chi connectivity index (χ0v) is 12.3. The van der Waals surface area contributed by atoms with Gasteiger partial charge in [0.15, 0.2) is 0 Å². The topological polar surface area (TPSA) is 43.8 Å². The number of amides is 1. The molecule has 1 N–H and O–H groups in total. The molecule has 4 nitrogen and oxygen atoms in total. The predicted octanol–water partition coefficient (Wildman–Crippen LogP) is 1.48. The van der Waals surface area contributed by atoms with Crippen molar-refractivity contribution in [2.24, 2.45) is 5.92 Å². The first-order valence-corrected chi connectivity index (χ1v) is 7.79. The number of piperidine rings is 2. The number of aliphatic hydroxyl groups is 1. The van der Waals surface area contributed by atoms with Gasteiger partial charge in [0.25, 0.3) is 0 Å². The SMILES string of the molecule is CC(C)N1CCCCC1C(=O)N1CCC(CO)CC1. The van der Waals surface area contributed by atoms with Gasteiger partial charge in [0.2, 0.25) is 5.91 Å². The minimum Gasteiger partial charge on any atom is -0.396 e. The van der Waals surface area contributed by atoms with Crippen LogP contribution in [0.1, 0.15) is 46.0 Å². The van der Waals surface area contributed by atoms with Crippen LogP contribution in [0.3, 0.4) is 0 Å². The fraction of sp³-hybridized carbons (Fsp3) is 0.933. The highest BCUT2D eigenvalue weighted by Crippen LogP contribution is 2.24. The molecule has 0 aromatic heterocycles. The summed E-state index contributed by atoms with van der Waals surface area (Å²) >= 11 is 0. The lowest BCUT2D eigenvalue weighted by molar-refractivity contribution is -0.140. The average Bonchev–Trinajstić information content (AvgIpc) is 2.46. The van der Waals surface area contributed by atoms with Crippen LogP contribution in [0.4, 0.5) is 0 Å². The molecule has 2 aliphatic rings. The summed E-state index contributed by atoms with van der Waals surface area (Å²) in [5, 5.41) is 9.17. The van der Waals surface area contributed by atoms with Gasteiger partial charge in [0, 0.05) is 25.7 Å². The Kier molecular flexibility index (Phi) is 5.22. The van der Waals surface area contributed by atoms with Crippen molar-refractivity contribution >= 4 is 5.91 Å². The van der Waals surface area contributed by atoms with Crippen LogP contribution in [0.2, 0.25) is 0 Å². The second kappa shape index (κ2) is 6.71. The van der Waals surface area contributed by atoms with E-state index in [4.69, 9.17) is 5.11 Å². The van der Waals surface area contributed by atoms with E-state index in [1.165, 1.54) is 12.8 Å². The van der Waals surface area contributed by atoms with Crippen molar-refractivity contribution < 1.29 is 9.90 Å². The molecule has 19 heavy (non-hydrogen) atoms. The first-order chi connectivity index (χ1) is 9.13. The number of rotatable bonds is 3. The number of carbonyl (C=O) groups is 1. The van der Waals surface area contributed by atoms with Crippen LogP contribution in [0.25, 0.3) is 0 Å². The van der Waals surface area contributed by atoms with E-state index in [1.54, 1.807) is 0 Å². The molecule has 2 heterocycles. The second-order valence-corrected chi connectivity index (χ2v) is 6.29. The maximum atomic E-state index is 12.7. The average molecular weight is 268 g/mol. The third kappa shape index (κ3) is 3.48. The van der Waals surface area contributed by atoms with Crippen molar-refractivity contribution in [2.75, 3.05) is 26.2 Å². The monoisotopic (exact) mass is 268 g/mol. The first kappa shape index (κ1) is 14.8. The van der Waals surface area contributed by atoms with E-state index >= 15 is 0 Å². The molecular weight excluding hydrogens is 240 g/mol. The molecule has 2 fully saturated rings. The molecule has 0 saturated carbocycles. The summed E-state index contributed by atoms with van der Waals surface area (Å²) in [5.41, 5.74) is 0. The Morgan fingerprint density at radius 2 is 1.84 bits per heavy atom. The Hall–Kier alpha value is -0.610. The van der Waals surface area contributed by atoms with Gasteiger partial charge in [-0.15, -0.1) is 0 Å². The Bertz CT molecular complexity index is 299. The van der Waals surface area contributed by atoms with E-state index in [-0.39, 0.29) is 12.6 Å². The fourth-order valence-corrected chi connectivity index (χ4v) is 3.38. The number of aliphatic hydroxyl groups excluding tert-OH is 1. The van der Waals surface area contributed by atoms with Gasteiger partial charge < -0.3 is 10.0 Å². The third-order valence-electron chi connectivity index (χ3n) is 4.68. The van der Waals surface area contributed by atoms with Gasteiger partial charge in [0.05, 0.1) is 6.04 Å². The van der Waals surface area contributed by atoms with E-state index in [2.05, 4.69) is 18.7 Å². The normalized spacial score (nSPS) is 26.9. The van der Waals surface area contributed by atoms with Crippen LogP contribution in [0.5, 0.6) is 0 Å². The van der Waals surface area contributed by atoms with Gasteiger partial charge in [-0.1, -0.05) is 6.42 Å². The summed E-state index contributed by atoms with van der Waals surface area (Å²) in [6.07, 6.45) is 5.31. The zero-order chi connectivity index (χ0) is 13.8. The molecule has 0 spiro atoms. The molecule has 0 aromatic rings. The van der Waals surface area contributed by atoms with Crippen molar-refractivity contribution in [3.63, 3.8) is 0 Å². The maximum absolute atomic E-state index is 12.7. The smallest absolute Gasteiger partial charge is 0.239 e. The van der Waals surface area contributed by atoms with Crippen molar-refractivity contribution in [3.05, 3.63) is 0 Å². The summed E-state index contributed by atoms with van der Waals surface area (Å²) in [4.78, 5) is 17.1. The molecule has 1 atom stereocenters. The fourth-order valence-electron chi connectivity index (χ4n) is 3.38. The molecule has 4 heteroatoms.